The summed E-state index contributed by atoms with van der Waals surface area (Å²) in [7, 11) is 0. The minimum absolute atomic E-state index is 0.932. The third-order valence-electron chi connectivity index (χ3n) is 8.04. The lowest BCUT2D eigenvalue weighted by Crippen LogP contribution is -2.00. The van der Waals surface area contributed by atoms with Crippen LogP contribution in [0.25, 0.3) is 11.1 Å². The van der Waals surface area contributed by atoms with Gasteiger partial charge in [-0.15, -0.1) is 0 Å². The fourth-order valence-electron chi connectivity index (χ4n) is 5.73. The third kappa shape index (κ3) is 9.29. The van der Waals surface area contributed by atoms with E-state index in [9.17, 15) is 0 Å². The fraction of sp³-hybridized carbons (Fsp3) is 0.474. The van der Waals surface area contributed by atoms with E-state index in [1.807, 2.05) is 6.21 Å². The molecule has 2 nitrogen and oxygen atoms in total. The Labute approximate surface area is 245 Å². The first-order valence-electron chi connectivity index (χ1n) is 15.9. The Hall–Kier alpha value is -3.00. The highest BCUT2D eigenvalue weighted by atomic mass is 14.8. The highest BCUT2D eigenvalue weighted by Crippen LogP contribution is 2.32. The van der Waals surface area contributed by atoms with Crippen LogP contribution in [0.15, 0.2) is 64.6 Å². The highest BCUT2D eigenvalue weighted by molar-refractivity contribution is 6.30. The fourth-order valence-corrected chi connectivity index (χ4v) is 5.73. The molecule has 3 rings (SSSR count). The van der Waals surface area contributed by atoms with Crippen LogP contribution in [0.1, 0.15) is 114 Å². The normalized spacial score (nSPS) is 12.0. The molecule has 0 N–H and O–H groups in total. The van der Waals surface area contributed by atoms with E-state index in [0.717, 1.165) is 42.8 Å². The lowest BCUT2D eigenvalue weighted by atomic mass is 9.93. The summed E-state index contributed by atoms with van der Waals surface area (Å²) in [4.78, 5) is 9.97. The zero-order chi connectivity index (χ0) is 28.7. The number of aliphatic imine (C=N–C) groups is 2. The van der Waals surface area contributed by atoms with Gasteiger partial charge >= 0.3 is 0 Å². The maximum atomic E-state index is 5.04. The molecule has 0 aromatic heterocycles. The van der Waals surface area contributed by atoms with Gasteiger partial charge in [0.15, 0.2) is 0 Å². The van der Waals surface area contributed by atoms with Crippen LogP contribution in [0.5, 0.6) is 0 Å². The first-order chi connectivity index (χ1) is 19.5. The average molecular weight is 537 g/mol. The van der Waals surface area contributed by atoms with Gasteiger partial charge < -0.3 is 0 Å². The summed E-state index contributed by atoms with van der Waals surface area (Å²) >= 11 is 0. The van der Waals surface area contributed by atoms with Gasteiger partial charge in [0.1, 0.15) is 0 Å². The Morgan fingerprint density at radius 2 is 1.30 bits per heavy atom. The topological polar surface area (TPSA) is 24.7 Å². The predicted octanol–water partition coefficient (Wildman–Crippen LogP) is 11.5. The number of hydrogen-bond acceptors (Lipinski definition) is 2. The molecule has 0 aliphatic carbocycles. The van der Waals surface area contributed by atoms with Gasteiger partial charge in [0, 0.05) is 6.21 Å². The number of nitrogens with zero attached hydrogens (tertiary/aromatic N) is 2. The SMILES string of the molecule is CCCCCCc1cc(N=C(C)C=Nc2cc(CC)c(CC)c(CCCCCC)c2)cc(-c2ccccc2)c1C. The van der Waals surface area contributed by atoms with Gasteiger partial charge in [-0.25, -0.2) is 0 Å². The summed E-state index contributed by atoms with van der Waals surface area (Å²) in [5.74, 6) is 0. The van der Waals surface area contributed by atoms with Crippen molar-refractivity contribution in [1.29, 1.82) is 0 Å². The van der Waals surface area contributed by atoms with Gasteiger partial charge in [-0.2, -0.15) is 0 Å². The average Bonchev–Trinajstić information content (AvgIpc) is 2.97. The quantitative estimate of drug-likeness (QED) is 0.128. The van der Waals surface area contributed by atoms with Crippen molar-refractivity contribution < 1.29 is 0 Å². The minimum atomic E-state index is 0.932. The third-order valence-corrected chi connectivity index (χ3v) is 8.04. The summed E-state index contributed by atoms with van der Waals surface area (Å²) in [5, 5.41) is 0. The van der Waals surface area contributed by atoms with Crippen molar-refractivity contribution in [2.75, 3.05) is 0 Å². The molecule has 0 aliphatic rings. The lowest BCUT2D eigenvalue weighted by Gasteiger charge is -2.14. The molecule has 40 heavy (non-hydrogen) atoms. The van der Waals surface area contributed by atoms with Gasteiger partial charge in [0.25, 0.3) is 0 Å². The van der Waals surface area contributed by atoms with E-state index >= 15 is 0 Å². The van der Waals surface area contributed by atoms with Gasteiger partial charge in [-0.1, -0.05) is 96.6 Å². The maximum absolute atomic E-state index is 5.04. The number of benzene rings is 3. The standard InChI is InChI=1S/C38H52N2/c1-7-11-13-16-22-33-25-36(27-38(30(33)6)32-20-18-15-19-21-32)40-29(5)28-39-35-24-31(9-3)37(10-4)34(26-35)23-17-14-12-8-2/h15,18-21,24-28H,7-14,16-17,22-23H2,1-6H3. The van der Waals surface area contributed by atoms with Crippen molar-refractivity contribution >= 4 is 23.3 Å². The van der Waals surface area contributed by atoms with Crippen molar-refractivity contribution in [2.24, 2.45) is 9.98 Å². The van der Waals surface area contributed by atoms with E-state index in [2.05, 4.69) is 96.1 Å². The smallest absolute Gasteiger partial charge is 0.0642 e. The van der Waals surface area contributed by atoms with Crippen LogP contribution in [-0.2, 0) is 25.7 Å². The number of hydrogen-bond donors (Lipinski definition) is 0. The molecular weight excluding hydrogens is 484 g/mol. The second kappa shape index (κ2) is 17.0. The van der Waals surface area contributed by atoms with Crippen LogP contribution in [0.3, 0.4) is 0 Å². The second-order valence-corrected chi connectivity index (χ2v) is 11.2. The first kappa shape index (κ1) is 31.5. The van der Waals surface area contributed by atoms with E-state index in [-0.39, 0.29) is 0 Å². The van der Waals surface area contributed by atoms with Crippen LogP contribution in [0, 0.1) is 6.92 Å². The Morgan fingerprint density at radius 3 is 1.93 bits per heavy atom. The largest absolute Gasteiger partial charge is 0.255 e. The molecule has 3 aromatic carbocycles. The molecule has 0 fully saturated rings. The summed E-state index contributed by atoms with van der Waals surface area (Å²) in [6.07, 6.45) is 16.6. The molecule has 3 aromatic rings. The molecule has 0 radical (unpaired) electrons. The zero-order valence-corrected chi connectivity index (χ0v) is 26.2. The van der Waals surface area contributed by atoms with Crippen molar-refractivity contribution in [3.05, 3.63) is 82.4 Å². The van der Waals surface area contributed by atoms with Crippen molar-refractivity contribution in [3.63, 3.8) is 0 Å². The summed E-state index contributed by atoms with van der Waals surface area (Å²) < 4.78 is 0. The number of unbranched alkanes of at least 4 members (excludes halogenated alkanes) is 6. The van der Waals surface area contributed by atoms with Crippen molar-refractivity contribution in [1.82, 2.24) is 0 Å². The molecule has 2 heteroatoms. The van der Waals surface area contributed by atoms with E-state index in [4.69, 9.17) is 9.98 Å². The van der Waals surface area contributed by atoms with Crippen LogP contribution < -0.4 is 0 Å². The minimum Gasteiger partial charge on any atom is -0.255 e. The molecule has 0 aliphatic heterocycles. The molecule has 0 unspecified atom stereocenters. The van der Waals surface area contributed by atoms with Crippen LogP contribution in [0.4, 0.5) is 11.4 Å². The Bertz CT molecular complexity index is 1250. The van der Waals surface area contributed by atoms with Crippen LogP contribution in [0.2, 0.25) is 0 Å². The van der Waals surface area contributed by atoms with E-state index < -0.39 is 0 Å². The van der Waals surface area contributed by atoms with E-state index in [1.165, 1.54) is 90.3 Å². The molecule has 0 spiro atoms. The monoisotopic (exact) mass is 536 g/mol. The van der Waals surface area contributed by atoms with Crippen LogP contribution in [-0.4, -0.2) is 11.9 Å². The van der Waals surface area contributed by atoms with Crippen LogP contribution >= 0.6 is 0 Å². The molecule has 0 bridgehead atoms. The van der Waals surface area contributed by atoms with Crippen molar-refractivity contribution in [3.8, 4) is 11.1 Å². The number of rotatable bonds is 16. The molecular formula is C38H52N2. The first-order valence-corrected chi connectivity index (χ1v) is 15.9. The highest BCUT2D eigenvalue weighted by Gasteiger charge is 2.11. The van der Waals surface area contributed by atoms with Gasteiger partial charge in [0.2, 0.25) is 0 Å². The molecule has 0 amide bonds. The maximum Gasteiger partial charge on any atom is 0.0642 e. The van der Waals surface area contributed by atoms with Gasteiger partial charge in [-0.05, 0) is 116 Å². The van der Waals surface area contributed by atoms with E-state index in [1.54, 1.807) is 0 Å². The molecule has 0 atom stereocenters. The zero-order valence-electron chi connectivity index (χ0n) is 26.2. The Balaban J connectivity index is 1.90. The lowest BCUT2D eigenvalue weighted by molar-refractivity contribution is 0.664. The Kier molecular flexibility index (Phi) is 13.4. The van der Waals surface area contributed by atoms with Crippen molar-refractivity contribution in [2.45, 2.75) is 119 Å². The molecule has 0 saturated heterocycles. The Morgan fingerprint density at radius 1 is 0.675 bits per heavy atom. The molecule has 214 valence electrons. The van der Waals surface area contributed by atoms with Gasteiger partial charge in [0.05, 0.1) is 17.1 Å². The molecule has 0 heterocycles. The van der Waals surface area contributed by atoms with Gasteiger partial charge in [-0.3, -0.25) is 9.98 Å². The summed E-state index contributed by atoms with van der Waals surface area (Å²) in [6.45, 7) is 13.4. The summed E-state index contributed by atoms with van der Waals surface area (Å²) in [6, 6.07) is 19.9. The summed E-state index contributed by atoms with van der Waals surface area (Å²) in [5.41, 5.74) is 12.8. The predicted molar refractivity (Wildman–Crippen MR) is 178 cm³/mol. The molecule has 0 saturated carbocycles. The second-order valence-electron chi connectivity index (χ2n) is 11.2. The van der Waals surface area contributed by atoms with E-state index in [0.29, 0.717) is 0 Å². The number of aryl methyl sites for hydroxylation is 3.